The molecule has 6 nitrogen and oxygen atoms in total. The second kappa shape index (κ2) is 7.59. The number of hydrogen-bond acceptors (Lipinski definition) is 5. The lowest BCUT2D eigenvalue weighted by atomic mass is 9.95. The summed E-state index contributed by atoms with van der Waals surface area (Å²) in [7, 11) is 3.19. The molecule has 1 atom stereocenters. The summed E-state index contributed by atoms with van der Waals surface area (Å²) >= 11 is 0. The molecule has 0 saturated carbocycles. The summed E-state index contributed by atoms with van der Waals surface area (Å²) in [5, 5.41) is 3.99. The van der Waals surface area contributed by atoms with Crippen molar-refractivity contribution in [2.75, 3.05) is 27.3 Å². The zero-order chi connectivity index (χ0) is 17.8. The number of nitrogens with zero attached hydrogens (tertiary/aromatic N) is 2. The first-order valence-electron chi connectivity index (χ1n) is 8.64. The number of hydrogen-bond donors (Lipinski definition) is 0. The van der Waals surface area contributed by atoms with Crippen LogP contribution in [0.1, 0.15) is 36.7 Å². The molecule has 6 heteroatoms. The Morgan fingerprint density at radius 3 is 2.88 bits per heavy atom. The molecule has 1 aliphatic heterocycles. The van der Waals surface area contributed by atoms with Gasteiger partial charge in [0.05, 0.1) is 19.8 Å². The minimum Gasteiger partial charge on any atom is -0.497 e. The van der Waals surface area contributed by atoms with Gasteiger partial charge in [-0.15, -0.1) is 0 Å². The second-order valence-corrected chi connectivity index (χ2v) is 6.31. The van der Waals surface area contributed by atoms with Crippen molar-refractivity contribution in [1.82, 2.24) is 10.1 Å². The SMILES string of the molecule is CCC1CCCN(C(=O)c2cc(-c3cc(OC)ccc3OC)on2)C1. The third-order valence-corrected chi connectivity index (χ3v) is 4.78. The second-order valence-electron chi connectivity index (χ2n) is 6.31. The van der Waals surface area contributed by atoms with Gasteiger partial charge in [0.2, 0.25) is 0 Å². The summed E-state index contributed by atoms with van der Waals surface area (Å²) in [6.45, 7) is 3.74. The molecular weight excluding hydrogens is 320 g/mol. The van der Waals surface area contributed by atoms with E-state index >= 15 is 0 Å². The molecule has 2 heterocycles. The number of benzene rings is 1. The van der Waals surface area contributed by atoms with Gasteiger partial charge in [-0.2, -0.15) is 0 Å². The Kier molecular flexibility index (Phi) is 5.26. The highest BCUT2D eigenvalue weighted by Gasteiger charge is 2.26. The monoisotopic (exact) mass is 344 g/mol. The summed E-state index contributed by atoms with van der Waals surface area (Å²) in [6.07, 6.45) is 3.32. The fourth-order valence-electron chi connectivity index (χ4n) is 3.25. The first kappa shape index (κ1) is 17.3. The van der Waals surface area contributed by atoms with Gasteiger partial charge in [-0.3, -0.25) is 4.79 Å². The lowest BCUT2D eigenvalue weighted by Gasteiger charge is -2.31. The molecule has 25 heavy (non-hydrogen) atoms. The summed E-state index contributed by atoms with van der Waals surface area (Å²) in [4.78, 5) is 14.6. The molecule has 1 saturated heterocycles. The van der Waals surface area contributed by atoms with E-state index in [2.05, 4.69) is 12.1 Å². The number of aromatic nitrogens is 1. The highest BCUT2D eigenvalue weighted by atomic mass is 16.5. The predicted octanol–water partition coefficient (Wildman–Crippen LogP) is 3.62. The number of ether oxygens (including phenoxy) is 2. The maximum absolute atomic E-state index is 12.7. The molecule has 134 valence electrons. The van der Waals surface area contributed by atoms with Crippen molar-refractivity contribution in [3.8, 4) is 22.8 Å². The quantitative estimate of drug-likeness (QED) is 0.829. The van der Waals surface area contributed by atoms with Crippen LogP contribution in [-0.2, 0) is 0 Å². The van der Waals surface area contributed by atoms with E-state index in [1.165, 1.54) is 6.42 Å². The number of carbonyl (C=O) groups is 1. The van der Waals surface area contributed by atoms with Gasteiger partial charge in [0, 0.05) is 19.2 Å². The highest BCUT2D eigenvalue weighted by Crippen LogP contribution is 2.34. The average Bonchev–Trinajstić information content (AvgIpc) is 3.16. The minimum atomic E-state index is -0.0741. The van der Waals surface area contributed by atoms with Gasteiger partial charge in [-0.25, -0.2) is 0 Å². The topological polar surface area (TPSA) is 64.8 Å². The molecular formula is C19H24N2O4. The Labute approximate surface area is 147 Å². The summed E-state index contributed by atoms with van der Waals surface area (Å²) in [5.41, 5.74) is 1.04. The predicted molar refractivity (Wildman–Crippen MR) is 94.0 cm³/mol. The Hall–Kier alpha value is -2.50. The van der Waals surface area contributed by atoms with Crippen LogP contribution in [0.3, 0.4) is 0 Å². The molecule has 1 amide bonds. The number of carbonyl (C=O) groups excluding carboxylic acids is 1. The molecule has 0 radical (unpaired) electrons. The summed E-state index contributed by atoms with van der Waals surface area (Å²) in [6, 6.07) is 7.09. The maximum Gasteiger partial charge on any atom is 0.276 e. The highest BCUT2D eigenvalue weighted by molar-refractivity contribution is 5.93. The van der Waals surface area contributed by atoms with E-state index in [-0.39, 0.29) is 5.91 Å². The standard InChI is InChI=1S/C19H24N2O4/c1-4-13-6-5-9-21(12-13)19(22)16-11-18(25-20-16)15-10-14(23-2)7-8-17(15)24-3/h7-8,10-11,13H,4-6,9,12H2,1-3H3. The van der Waals surface area contributed by atoms with Crippen molar-refractivity contribution in [3.05, 3.63) is 30.0 Å². The number of rotatable bonds is 5. The van der Waals surface area contributed by atoms with Crippen LogP contribution >= 0.6 is 0 Å². The minimum absolute atomic E-state index is 0.0741. The van der Waals surface area contributed by atoms with E-state index in [1.54, 1.807) is 26.4 Å². The average molecular weight is 344 g/mol. The molecule has 0 aliphatic carbocycles. The summed E-state index contributed by atoms with van der Waals surface area (Å²) < 4.78 is 16.1. The third-order valence-electron chi connectivity index (χ3n) is 4.78. The van der Waals surface area contributed by atoms with E-state index < -0.39 is 0 Å². The van der Waals surface area contributed by atoms with Crippen LogP contribution < -0.4 is 9.47 Å². The lowest BCUT2D eigenvalue weighted by Crippen LogP contribution is -2.39. The zero-order valence-electron chi connectivity index (χ0n) is 14.9. The van der Waals surface area contributed by atoms with Crippen molar-refractivity contribution in [1.29, 1.82) is 0 Å². The van der Waals surface area contributed by atoms with E-state index in [0.717, 1.165) is 25.9 Å². The third kappa shape index (κ3) is 3.62. The molecule has 1 aromatic heterocycles. The van der Waals surface area contributed by atoms with Crippen molar-refractivity contribution in [2.24, 2.45) is 5.92 Å². The van der Waals surface area contributed by atoms with Gasteiger partial charge in [0.25, 0.3) is 5.91 Å². The van der Waals surface area contributed by atoms with Crippen LogP contribution in [0.5, 0.6) is 11.5 Å². The molecule has 0 bridgehead atoms. The Morgan fingerprint density at radius 1 is 1.32 bits per heavy atom. The van der Waals surface area contributed by atoms with Crippen LogP contribution in [0.15, 0.2) is 28.8 Å². The summed E-state index contributed by atoms with van der Waals surface area (Å²) in [5.74, 6) is 2.31. The van der Waals surface area contributed by atoms with E-state index in [1.807, 2.05) is 17.0 Å². The molecule has 1 aromatic carbocycles. The first-order chi connectivity index (χ1) is 12.2. The van der Waals surface area contributed by atoms with Gasteiger partial charge in [0.15, 0.2) is 11.5 Å². The van der Waals surface area contributed by atoms with Gasteiger partial charge >= 0.3 is 0 Å². The van der Waals surface area contributed by atoms with E-state index in [4.69, 9.17) is 14.0 Å². The largest absolute Gasteiger partial charge is 0.497 e. The molecule has 3 rings (SSSR count). The number of piperidine rings is 1. The first-order valence-corrected chi connectivity index (χ1v) is 8.64. The fourth-order valence-corrected chi connectivity index (χ4v) is 3.25. The number of amides is 1. The Balaban J connectivity index is 1.84. The van der Waals surface area contributed by atoms with Gasteiger partial charge in [0.1, 0.15) is 11.5 Å². The number of methoxy groups -OCH3 is 2. The van der Waals surface area contributed by atoms with Crippen LogP contribution in [0, 0.1) is 5.92 Å². The normalized spacial score (nSPS) is 17.4. The van der Waals surface area contributed by atoms with Crippen molar-refractivity contribution in [2.45, 2.75) is 26.2 Å². The van der Waals surface area contributed by atoms with Crippen molar-refractivity contribution in [3.63, 3.8) is 0 Å². The number of likely N-dealkylation sites (tertiary alicyclic amines) is 1. The Morgan fingerprint density at radius 2 is 2.16 bits per heavy atom. The van der Waals surface area contributed by atoms with Crippen LogP contribution in [0.25, 0.3) is 11.3 Å². The van der Waals surface area contributed by atoms with Crippen molar-refractivity contribution >= 4 is 5.91 Å². The zero-order valence-corrected chi connectivity index (χ0v) is 14.9. The lowest BCUT2D eigenvalue weighted by molar-refractivity contribution is 0.0661. The fraction of sp³-hybridized carbons (Fsp3) is 0.474. The maximum atomic E-state index is 12.7. The molecule has 1 unspecified atom stereocenters. The van der Waals surface area contributed by atoms with Gasteiger partial charge in [-0.1, -0.05) is 18.5 Å². The van der Waals surface area contributed by atoms with Crippen LogP contribution in [0.2, 0.25) is 0 Å². The molecule has 0 N–H and O–H groups in total. The molecule has 1 aliphatic rings. The van der Waals surface area contributed by atoms with Crippen LogP contribution in [-0.4, -0.2) is 43.3 Å². The van der Waals surface area contributed by atoms with Crippen molar-refractivity contribution < 1.29 is 18.8 Å². The Bertz CT molecular complexity index is 741. The van der Waals surface area contributed by atoms with E-state index in [9.17, 15) is 4.79 Å². The smallest absolute Gasteiger partial charge is 0.276 e. The van der Waals surface area contributed by atoms with Gasteiger partial charge < -0.3 is 18.9 Å². The van der Waals surface area contributed by atoms with E-state index in [0.29, 0.717) is 34.4 Å². The molecule has 1 fully saturated rings. The van der Waals surface area contributed by atoms with Crippen LogP contribution in [0.4, 0.5) is 0 Å². The molecule has 0 spiro atoms. The molecule has 2 aromatic rings. The van der Waals surface area contributed by atoms with Gasteiger partial charge in [-0.05, 0) is 37.0 Å².